The normalized spacial score (nSPS) is 9.62. The van der Waals surface area contributed by atoms with Gasteiger partial charge in [-0.1, -0.05) is 22.9 Å². The van der Waals surface area contributed by atoms with E-state index in [-0.39, 0.29) is 12.4 Å². The van der Waals surface area contributed by atoms with E-state index in [1.807, 2.05) is 13.0 Å². The minimum atomic E-state index is -0.325. The number of carbonyl (C=O) groups excluding carboxylic acids is 1. The van der Waals surface area contributed by atoms with Crippen LogP contribution >= 0.6 is 15.9 Å². The number of methoxy groups -OCH3 is 1. The van der Waals surface area contributed by atoms with Gasteiger partial charge in [-0.15, -0.1) is 0 Å². The summed E-state index contributed by atoms with van der Waals surface area (Å²) in [4.78, 5) is 11.3. The molecule has 0 spiro atoms. The standard InChI is InChI=1S/C12H12BrNO2/c1-3-8-4-10(13)5-9(7-14)11(8)6-12(15)16-2/h4-5H,3,6H2,1-2H3. The molecule has 0 unspecified atom stereocenters. The molecule has 4 heteroatoms. The summed E-state index contributed by atoms with van der Waals surface area (Å²) in [5, 5.41) is 9.03. The summed E-state index contributed by atoms with van der Waals surface area (Å²) in [5.41, 5.74) is 2.29. The number of esters is 1. The van der Waals surface area contributed by atoms with E-state index in [9.17, 15) is 4.79 Å². The first-order chi connectivity index (χ1) is 7.62. The second-order valence-corrected chi connectivity index (χ2v) is 4.22. The highest BCUT2D eigenvalue weighted by Gasteiger charge is 2.13. The molecule has 1 rings (SSSR count). The van der Waals surface area contributed by atoms with Crippen LogP contribution in [-0.2, 0) is 22.4 Å². The van der Waals surface area contributed by atoms with Crippen molar-refractivity contribution < 1.29 is 9.53 Å². The first kappa shape index (κ1) is 12.7. The molecule has 0 saturated heterocycles. The van der Waals surface area contributed by atoms with E-state index >= 15 is 0 Å². The van der Waals surface area contributed by atoms with Crippen LogP contribution in [-0.4, -0.2) is 13.1 Å². The molecule has 0 radical (unpaired) electrons. The third kappa shape index (κ3) is 2.83. The smallest absolute Gasteiger partial charge is 0.310 e. The number of rotatable bonds is 3. The number of carbonyl (C=O) groups is 1. The molecular weight excluding hydrogens is 270 g/mol. The van der Waals surface area contributed by atoms with Gasteiger partial charge in [0.25, 0.3) is 0 Å². The van der Waals surface area contributed by atoms with Crippen LogP contribution in [0.25, 0.3) is 0 Å². The van der Waals surface area contributed by atoms with Crippen LogP contribution in [0.15, 0.2) is 16.6 Å². The van der Waals surface area contributed by atoms with Crippen LogP contribution in [0.1, 0.15) is 23.6 Å². The molecule has 0 aliphatic rings. The summed E-state index contributed by atoms with van der Waals surface area (Å²) in [6.07, 6.45) is 0.927. The lowest BCUT2D eigenvalue weighted by atomic mass is 9.97. The lowest BCUT2D eigenvalue weighted by molar-refractivity contribution is -0.139. The minimum Gasteiger partial charge on any atom is -0.469 e. The molecule has 1 aromatic rings. The molecule has 0 N–H and O–H groups in total. The van der Waals surface area contributed by atoms with Gasteiger partial charge in [-0.05, 0) is 29.7 Å². The van der Waals surface area contributed by atoms with Gasteiger partial charge in [-0.3, -0.25) is 4.79 Å². The average molecular weight is 282 g/mol. The van der Waals surface area contributed by atoms with Crippen molar-refractivity contribution in [3.63, 3.8) is 0 Å². The van der Waals surface area contributed by atoms with Gasteiger partial charge in [-0.2, -0.15) is 5.26 Å². The zero-order valence-electron chi connectivity index (χ0n) is 9.21. The van der Waals surface area contributed by atoms with Gasteiger partial charge in [0.1, 0.15) is 0 Å². The van der Waals surface area contributed by atoms with Gasteiger partial charge in [0, 0.05) is 4.47 Å². The summed E-state index contributed by atoms with van der Waals surface area (Å²) < 4.78 is 5.48. The molecule has 0 aliphatic heterocycles. The van der Waals surface area contributed by atoms with E-state index in [1.54, 1.807) is 6.07 Å². The Kier molecular flexibility index (Phi) is 4.51. The molecule has 3 nitrogen and oxygen atoms in total. The fraction of sp³-hybridized carbons (Fsp3) is 0.333. The van der Waals surface area contributed by atoms with Gasteiger partial charge >= 0.3 is 5.97 Å². The third-order valence-electron chi connectivity index (χ3n) is 2.36. The van der Waals surface area contributed by atoms with Crippen molar-refractivity contribution in [2.45, 2.75) is 19.8 Å². The number of benzene rings is 1. The first-order valence-corrected chi connectivity index (χ1v) is 5.69. The Labute approximate surface area is 103 Å². The monoisotopic (exact) mass is 281 g/mol. The van der Waals surface area contributed by atoms with Crippen molar-refractivity contribution in [1.82, 2.24) is 0 Å². The number of nitrogens with zero attached hydrogens (tertiary/aromatic N) is 1. The minimum absolute atomic E-state index is 0.149. The fourth-order valence-corrected chi connectivity index (χ4v) is 2.04. The Morgan fingerprint density at radius 2 is 2.25 bits per heavy atom. The van der Waals surface area contributed by atoms with E-state index in [4.69, 9.17) is 5.26 Å². The topological polar surface area (TPSA) is 50.1 Å². The molecule has 0 fully saturated rings. The molecule has 0 heterocycles. The molecule has 0 amide bonds. The molecule has 0 saturated carbocycles. The molecular formula is C12H12BrNO2. The van der Waals surface area contributed by atoms with E-state index in [0.717, 1.165) is 22.0 Å². The number of hydrogen-bond acceptors (Lipinski definition) is 3. The second kappa shape index (κ2) is 5.66. The van der Waals surface area contributed by atoms with Crippen LogP contribution in [0.5, 0.6) is 0 Å². The molecule has 0 aromatic heterocycles. The van der Waals surface area contributed by atoms with E-state index in [2.05, 4.69) is 26.7 Å². The Bertz CT molecular complexity index is 449. The predicted octanol–water partition coefficient (Wildman–Crippen LogP) is 2.60. The number of halogens is 1. The Balaban J connectivity index is 3.23. The lowest BCUT2D eigenvalue weighted by Gasteiger charge is -2.09. The lowest BCUT2D eigenvalue weighted by Crippen LogP contribution is -2.08. The van der Waals surface area contributed by atoms with E-state index in [1.165, 1.54) is 7.11 Å². The van der Waals surface area contributed by atoms with Gasteiger partial charge in [-0.25, -0.2) is 0 Å². The summed E-state index contributed by atoms with van der Waals surface area (Å²) in [7, 11) is 1.35. The first-order valence-electron chi connectivity index (χ1n) is 4.90. The zero-order valence-corrected chi connectivity index (χ0v) is 10.8. The van der Waals surface area contributed by atoms with Crippen LogP contribution in [0.4, 0.5) is 0 Å². The summed E-state index contributed by atoms with van der Waals surface area (Å²) >= 11 is 3.34. The van der Waals surface area contributed by atoms with Gasteiger partial charge in [0.15, 0.2) is 0 Å². The van der Waals surface area contributed by atoms with Gasteiger partial charge in [0.2, 0.25) is 0 Å². The SMILES string of the molecule is CCc1cc(Br)cc(C#N)c1CC(=O)OC. The van der Waals surface area contributed by atoms with Crippen LogP contribution < -0.4 is 0 Å². The quantitative estimate of drug-likeness (QED) is 0.801. The molecule has 0 aliphatic carbocycles. The molecule has 84 valence electrons. The highest BCUT2D eigenvalue weighted by molar-refractivity contribution is 9.10. The largest absolute Gasteiger partial charge is 0.469 e. The number of ether oxygens (including phenoxy) is 1. The number of nitriles is 1. The van der Waals surface area contributed by atoms with Crippen molar-refractivity contribution in [2.24, 2.45) is 0 Å². The highest BCUT2D eigenvalue weighted by atomic mass is 79.9. The number of aryl methyl sites for hydroxylation is 1. The van der Waals surface area contributed by atoms with Crippen LogP contribution in [0.2, 0.25) is 0 Å². The predicted molar refractivity (Wildman–Crippen MR) is 64.0 cm³/mol. The highest BCUT2D eigenvalue weighted by Crippen LogP contribution is 2.22. The van der Waals surface area contributed by atoms with Gasteiger partial charge in [0.05, 0.1) is 25.2 Å². The zero-order chi connectivity index (χ0) is 12.1. The van der Waals surface area contributed by atoms with Crippen molar-refractivity contribution in [1.29, 1.82) is 5.26 Å². The summed E-state index contributed by atoms with van der Waals surface area (Å²) in [6, 6.07) is 5.75. The maximum atomic E-state index is 11.3. The van der Waals surface area contributed by atoms with Gasteiger partial charge < -0.3 is 4.74 Å². The van der Waals surface area contributed by atoms with Crippen molar-refractivity contribution in [2.75, 3.05) is 7.11 Å². The maximum Gasteiger partial charge on any atom is 0.310 e. The van der Waals surface area contributed by atoms with Crippen LogP contribution in [0.3, 0.4) is 0 Å². The Morgan fingerprint density at radius 1 is 1.56 bits per heavy atom. The molecule has 0 atom stereocenters. The Morgan fingerprint density at radius 3 is 2.75 bits per heavy atom. The van der Waals surface area contributed by atoms with Crippen molar-refractivity contribution >= 4 is 21.9 Å². The third-order valence-corrected chi connectivity index (χ3v) is 2.82. The van der Waals surface area contributed by atoms with Crippen molar-refractivity contribution in [3.8, 4) is 6.07 Å². The van der Waals surface area contributed by atoms with Crippen LogP contribution in [0, 0.1) is 11.3 Å². The second-order valence-electron chi connectivity index (χ2n) is 3.31. The maximum absolute atomic E-state index is 11.3. The van der Waals surface area contributed by atoms with Crippen molar-refractivity contribution in [3.05, 3.63) is 33.3 Å². The van der Waals surface area contributed by atoms with E-state index in [0.29, 0.717) is 5.56 Å². The molecule has 0 bridgehead atoms. The fourth-order valence-electron chi connectivity index (χ4n) is 1.53. The molecule has 16 heavy (non-hydrogen) atoms. The number of hydrogen-bond donors (Lipinski definition) is 0. The van der Waals surface area contributed by atoms with E-state index < -0.39 is 0 Å². The average Bonchev–Trinajstić information content (AvgIpc) is 2.30. The Hall–Kier alpha value is -1.34. The molecule has 1 aromatic carbocycles. The summed E-state index contributed by atoms with van der Waals surface area (Å²) in [5.74, 6) is -0.325. The summed E-state index contributed by atoms with van der Waals surface area (Å²) in [6.45, 7) is 1.99.